The number of amides is 1. The number of rotatable bonds is 4. The Kier molecular flexibility index (Phi) is 5.64. The van der Waals surface area contributed by atoms with Crippen LogP contribution >= 0.6 is 11.8 Å². The summed E-state index contributed by atoms with van der Waals surface area (Å²) in [6.45, 7) is 4.75. The first kappa shape index (κ1) is 19.8. The van der Waals surface area contributed by atoms with Crippen molar-refractivity contribution >= 4 is 40.3 Å². The topological polar surface area (TPSA) is 76.4 Å². The summed E-state index contributed by atoms with van der Waals surface area (Å²) in [4.78, 5) is 26.5. The Morgan fingerprint density at radius 3 is 2.93 bits per heavy atom. The first-order valence-corrected chi connectivity index (χ1v) is 11.8. The number of piperazine rings is 1. The minimum Gasteiger partial charge on any atom is -0.367 e. The highest BCUT2D eigenvalue weighted by Crippen LogP contribution is 2.36. The van der Waals surface area contributed by atoms with Crippen molar-refractivity contribution < 1.29 is 4.79 Å². The van der Waals surface area contributed by atoms with E-state index in [2.05, 4.69) is 37.1 Å². The summed E-state index contributed by atoms with van der Waals surface area (Å²) in [6.07, 6.45) is 7.58. The first-order valence-electron chi connectivity index (χ1n) is 10.9. The molecule has 0 radical (unpaired) electrons. The Balaban J connectivity index is 1.24. The maximum absolute atomic E-state index is 13.0. The Morgan fingerprint density at radius 2 is 2.07 bits per heavy atom. The van der Waals surface area contributed by atoms with Gasteiger partial charge in [-0.25, -0.2) is 0 Å². The fourth-order valence-electron chi connectivity index (χ4n) is 4.77. The van der Waals surface area contributed by atoms with Crippen molar-refractivity contribution in [1.29, 1.82) is 0 Å². The second-order valence-electron chi connectivity index (χ2n) is 8.56. The lowest BCUT2D eigenvalue weighted by Gasteiger charge is -2.35. The van der Waals surface area contributed by atoms with Crippen LogP contribution in [0.2, 0.25) is 0 Å². The zero-order valence-electron chi connectivity index (χ0n) is 17.4. The molecular weight excluding hydrogens is 398 g/mol. The number of hydrazone groups is 1. The fourth-order valence-corrected chi connectivity index (χ4v) is 5.79. The van der Waals surface area contributed by atoms with E-state index in [1.165, 1.54) is 6.42 Å². The molecule has 1 aromatic rings. The quantitative estimate of drug-likeness (QED) is 0.791. The second-order valence-corrected chi connectivity index (χ2v) is 9.65. The molecule has 4 aliphatic rings. The molecule has 5 rings (SSSR count). The van der Waals surface area contributed by atoms with Crippen LogP contribution in [0.25, 0.3) is 0 Å². The third-order valence-corrected chi connectivity index (χ3v) is 7.76. The zero-order valence-corrected chi connectivity index (χ0v) is 18.2. The third kappa shape index (κ3) is 4.05. The molecule has 8 nitrogen and oxygen atoms in total. The highest BCUT2D eigenvalue weighted by molar-refractivity contribution is 8.12. The Labute approximate surface area is 181 Å². The Hall–Kier alpha value is -2.13. The lowest BCUT2D eigenvalue weighted by atomic mass is 9.90. The van der Waals surface area contributed by atoms with Crippen molar-refractivity contribution in [3.05, 3.63) is 18.5 Å². The van der Waals surface area contributed by atoms with Crippen LogP contribution in [0, 0.1) is 0 Å². The maximum Gasteiger partial charge on any atom is 0.272 e. The molecular formula is C21H29N7OS. The number of pyridine rings is 1. The van der Waals surface area contributed by atoms with E-state index in [0.29, 0.717) is 29.5 Å². The number of hydrogen-bond acceptors (Lipinski definition) is 8. The van der Waals surface area contributed by atoms with Crippen LogP contribution in [-0.4, -0.2) is 89.2 Å². The third-order valence-electron chi connectivity index (χ3n) is 6.62. The Bertz CT molecular complexity index is 852. The molecule has 30 heavy (non-hydrogen) atoms. The minimum absolute atomic E-state index is 0.107. The molecule has 3 unspecified atom stereocenters. The molecule has 1 N–H and O–H groups in total. The van der Waals surface area contributed by atoms with E-state index in [-0.39, 0.29) is 5.91 Å². The summed E-state index contributed by atoms with van der Waals surface area (Å²) >= 11 is 1.87. The number of anilines is 2. The molecule has 9 heteroatoms. The lowest BCUT2D eigenvalue weighted by molar-refractivity contribution is -0.110. The van der Waals surface area contributed by atoms with Gasteiger partial charge >= 0.3 is 0 Å². The van der Waals surface area contributed by atoms with E-state index in [1.807, 2.05) is 23.4 Å². The van der Waals surface area contributed by atoms with E-state index in [1.54, 1.807) is 12.4 Å². The molecule has 3 aliphatic heterocycles. The molecule has 2 fully saturated rings. The van der Waals surface area contributed by atoms with Crippen molar-refractivity contribution in [2.45, 2.75) is 43.0 Å². The number of fused-ring (bicyclic) bond motifs is 1. The smallest absolute Gasteiger partial charge is 0.272 e. The zero-order chi connectivity index (χ0) is 20.5. The lowest BCUT2D eigenvalue weighted by Crippen LogP contribution is -2.44. The van der Waals surface area contributed by atoms with Gasteiger partial charge in [-0.15, -0.1) is 11.8 Å². The summed E-state index contributed by atoms with van der Waals surface area (Å²) < 4.78 is 0. The second kappa shape index (κ2) is 8.55. The number of nitrogens with one attached hydrogen (secondary N) is 1. The number of aromatic nitrogens is 1. The molecule has 0 bridgehead atoms. The highest BCUT2D eigenvalue weighted by atomic mass is 32.2. The van der Waals surface area contributed by atoms with Gasteiger partial charge in [-0.3, -0.25) is 19.8 Å². The van der Waals surface area contributed by atoms with Crippen LogP contribution in [0.4, 0.5) is 11.4 Å². The van der Waals surface area contributed by atoms with Crippen LogP contribution in [-0.2, 0) is 4.79 Å². The van der Waals surface area contributed by atoms with Crippen molar-refractivity contribution in [2.24, 2.45) is 10.1 Å². The molecule has 4 heterocycles. The largest absolute Gasteiger partial charge is 0.367 e. The van der Waals surface area contributed by atoms with Crippen molar-refractivity contribution in [1.82, 2.24) is 14.9 Å². The number of hydrogen-bond donors (Lipinski definition) is 1. The summed E-state index contributed by atoms with van der Waals surface area (Å²) in [6, 6.07) is 2.80. The maximum atomic E-state index is 13.0. The van der Waals surface area contributed by atoms with Crippen LogP contribution in [0.3, 0.4) is 0 Å². The van der Waals surface area contributed by atoms with Crippen LogP contribution < -0.4 is 10.2 Å². The fraction of sp³-hybridized carbons (Fsp3) is 0.619. The molecule has 1 amide bonds. The standard InChI is InChI=1S/C21H29N7OS/c1-26-8-10-27(11-9-26)19-4-6-22-13-18(19)24-21(29)16-5-7-28(25-16)15-2-3-20-17(12-15)23-14-30-20/h4,6,13-15,17,20H,2-3,5,7-12H2,1H3,(H,24,29). The van der Waals surface area contributed by atoms with Gasteiger partial charge in [0, 0.05) is 56.6 Å². The molecule has 1 aromatic heterocycles. The summed E-state index contributed by atoms with van der Waals surface area (Å²) in [5.74, 6) is -0.107. The van der Waals surface area contributed by atoms with Gasteiger partial charge in [0.2, 0.25) is 0 Å². The number of carbonyl (C=O) groups excluding carboxylic acids is 1. The highest BCUT2D eigenvalue weighted by Gasteiger charge is 2.37. The summed E-state index contributed by atoms with van der Waals surface area (Å²) in [5, 5.41) is 10.6. The number of thioether (sulfide) groups is 1. The SMILES string of the molecule is CN1CCN(c2ccncc2NC(=O)C2=NN(C3CCC4SC=NC4C3)CC2)CC1. The van der Waals surface area contributed by atoms with E-state index < -0.39 is 0 Å². The number of likely N-dealkylation sites (N-methyl/N-ethyl adjacent to an activating group) is 1. The average Bonchev–Trinajstić information content (AvgIpc) is 3.44. The monoisotopic (exact) mass is 427 g/mol. The molecule has 0 aromatic carbocycles. The molecule has 3 atom stereocenters. The van der Waals surface area contributed by atoms with Gasteiger partial charge in [0.05, 0.1) is 29.2 Å². The molecule has 1 saturated heterocycles. The van der Waals surface area contributed by atoms with Crippen LogP contribution in [0.5, 0.6) is 0 Å². The predicted molar refractivity (Wildman–Crippen MR) is 123 cm³/mol. The normalized spacial score (nSPS) is 29.1. The van der Waals surface area contributed by atoms with Gasteiger partial charge in [-0.1, -0.05) is 0 Å². The van der Waals surface area contributed by atoms with Crippen molar-refractivity contribution in [2.75, 3.05) is 50.0 Å². The number of aliphatic imine (C=N–C) groups is 1. The van der Waals surface area contributed by atoms with Gasteiger partial charge in [-0.05, 0) is 32.4 Å². The van der Waals surface area contributed by atoms with E-state index in [4.69, 9.17) is 5.10 Å². The van der Waals surface area contributed by atoms with Crippen molar-refractivity contribution in [3.8, 4) is 0 Å². The van der Waals surface area contributed by atoms with Gasteiger partial charge in [-0.2, -0.15) is 5.10 Å². The summed E-state index contributed by atoms with van der Waals surface area (Å²) in [7, 11) is 2.14. The minimum atomic E-state index is -0.107. The molecule has 0 spiro atoms. The van der Waals surface area contributed by atoms with Crippen LogP contribution in [0.1, 0.15) is 25.7 Å². The van der Waals surface area contributed by atoms with Gasteiger partial charge < -0.3 is 15.1 Å². The number of carbonyl (C=O) groups is 1. The van der Waals surface area contributed by atoms with Gasteiger partial charge in [0.15, 0.2) is 0 Å². The molecule has 160 valence electrons. The van der Waals surface area contributed by atoms with E-state index in [0.717, 1.165) is 56.9 Å². The van der Waals surface area contributed by atoms with E-state index >= 15 is 0 Å². The van der Waals surface area contributed by atoms with Crippen LogP contribution in [0.15, 0.2) is 28.6 Å². The molecule has 1 saturated carbocycles. The Morgan fingerprint density at radius 1 is 1.20 bits per heavy atom. The van der Waals surface area contributed by atoms with Crippen molar-refractivity contribution in [3.63, 3.8) is 0 Å². The predicted octanol–water partition coefficient (Wildman–Crippen LogP) is 1.90. The first-order chi connectivity index (χ1) is 14.7. The number of nitrogens with zero attached hydrogens (tertiary/aromatic N) is 6. The van der Waals surface area contributed by atoms with Gasteiger partial charge in [0.1, 0.15) is 5.71 Å². The average molecular weight is 428 g/mol. The molecule has 1 aliphatic carbocycles. The van der Waals surface area contributed by atoms with E-state index in [9.17, 15) is 4.79 Å². The van der Waals surface area contributed by atoms with Gasteiger partial charge in [0.25, 0.3) is 5.91 Å². The summed E-state index contributed by atoms with van der Waals surface area (Å²) in [5.41, 5.74) is 4.44.